The molecule has 1 atom stereocenters. The predicted octanol–water partition coefficient (Wildman–Crippen LogP) is 2.49. The third-order valence-electron chi connectivity index (χ3n) is 3.16. The first kappa shape index (κ1) is 17.2. The number of carbonyl (C=O) groups excluding carboxylic acids is 1. The van der Waals surface area contributed by atoms with E-state index in [2.05, 4.69) is 5.32 Å². The molecule has 1 amide bonds. The third-order valence-corrected chi connectivity index (χ3v) is 3.39. The molecule has 1 aromatic carbocycles. The summed E-state index contributed by atoms with van der Waals surface area (Å²) < 4.78 is 5.37. The molecule has 2 rings (SSSR count). The Labute approximate surface area is 130 Å². The van der Waals surface area contributed by atoms with E-state index in [1.807, 2.05) is 25.1 Å². The molecular weight excluding hydrogens is 299 g/mol. The van der Waals surface area contributed by atoms with Gasteiger partial charge < -0.3 is 15.0 Å². The number of ether oxygens (including phenoxy) is 1. The Morgan fingerprint density at radius 2 is 2.35 bits per heavy atom. The second-order valence-corrected chi connectivity index (χ2v) is 4.98. The minimum atomic E-state index is 0. The maximum absolute atomic E-state index is 12.3. The van der Waals surface area contributed by atoms with Gasteiger partial charge in [0.2, 0.25) is 5.91 Å². The third kappa shape index (κ3) is 4.63. The molecule has 1 N–H and O–H groups in total. The molecule has 4 nitrogen and oxygen atoms in total. The molecule has 0 aliphatic carbocycles. The Hall–Kier alpha value is -0.810. The van der Waals surface area contributed by atoms with Gasteiger partial charge in [-0.15, -0.1) is 12.4 Å². The maximum atomic E-state index is 12.3. The SMILES string of the molecule is CCN(C(=O)CC1COCCN1)c1cccc(Cl)c1.Cl. The van der Waals surface area contributed by atoms with Crippen LogP contribution in [0.25, 0.3) is 0 Å². The number of nitrogens with zero attached hydrogens (tertiary/aromatic N) is 1. The molecule has 1 aromatic rings. The van der Waals surface area contributed by atoms with E-state index < -0.39 is 0 Å². The first-order chi connectivity index (χ1) is 9.20. The summed E-state index contributed by atoms with van der Waals surface area (Å²) in [7, 11) is 0. The summed E-state index contributed by atoms with van der Waals surface area (Å²) in [6.45, 7) is 4.72. The number of halogens is 2. The first-order valence-corrected chi connectivity index (χ1v) is 6.95. The quantitative estimate of drug-likeness (QED) is 0.927. The van der Waals surface area contributed by atoms with E-state index in [0.717, 1.165) is 18.8 Å². The van der Waals surface area contributed by atoms with Crippen LogP contribution in [0.15, 0.2) is 24.3 Å². The number of hydrogen-bond acceptors (Lipinski definition) is 3. The van der Waals surface area contributed by atoms with Gasteiger partial charge in [-0.1, -0.05) is 17.7 Å². The van der Waals surface area contributed by atoms with E-state index in [4.69, 9.17) is 16.3 Å². The minimum absolute atomic E-state index is 0. The lowest BCUT2D eigenvalue weighted by Crippen LogP contribution is -2.45. The van der Waals surface area contributed by atoms with Gasteiger partial charge in [-0.3, -0.25) is 4.79 Å². The fourth-order valence-corrected chi connectivity index (χ4v) is 2.40. The number of carbonyl (C=O) groups is 1. The Morgan fingerprint density at radius 1 is 1.55 bits per heavy atom. The molecule has 20 heavy (non-hydrogen) atoms. The van der Waals surface area contributed by atoms with Crippen LogP contribution in [0.2, 0.25) is 5.02 Å². The van der Waals surface area contributed by atoms with Gasteiger partial charge in [0, 0.05) is 36.3 Å². The molecule has 1 saturated heterocycles. The minimum Gasteiger partial charge on any atom is -0.378 e. The number of nitrogens with one attached hydrogen (secondary N) is 1. The van der Waals surface area contributed by atoms with E-state index in [9.17, 15) is 4.79 Å². The molecule has 6 heteroatoms. The molecule has 0 saturated carbocycles. The number of morpholine rings is 1. The number of benzene rings is 1. The Balaban J connectivity index is 0.00000200. The van der Waals surface area contributed by atoms with Crippen molar-refractivity contribution in [3.63, 3.8) is 0 Å². The van der Waals surface area contributed by atoms with Gasteiger partial charge in [-0.2, -0.15) is 0 Å². The lowest BCUT2D eigenvalue weighted by Gasteiger charge is -2.27. The number of hydrogen-bond donors (Lipinski definition) is 1. The van der Waals surface area contributed by atoms with E-state index >= 15 is 0 Å². The Bertz CT molecular complexity index is 437. The number of anilines is 1. The van der Waals surface area contributed by atoms with Crippen LogP contribution < -0.4 is 10.2 Å². The van der Waals surface area contributed by atoms with E-state index in [-0.39, 0.29) is 24.4 Å². The normalized spacial score (nSPS) is 18.2. The summed E-state index contributed by atoms with van der Waals surface area (Å²) in [5, 5.41) is 3.93. The maximum Gasteiger partial charge on any atom is 0.228 e. The van der Waals surface area contributed by atoms with Crippen molar-refractivity contribution in [2.24, 2.45) is 0 Å². The molecule has 1 heterocycles. The molecule has 0 bridgehead atoms. The van der Waals surface area contributed by atoms with Crippen LogP contribution in [-0.4, -0.2) is 38.3 Å². The van der Waals surface area contributed by atoms with Crippen LogP contribution in [0, 0.1) is 0 Å². The second kappa shape index (κ2) is 8.47. The highest BCUT2D eigenvalue weighted by Gasteiger charge is 2.21. The molecular formula is C14H20Cl2N2O2. The molecule has 0 spiro atoms. The van der Waals surface area contributed by atoms with Crippen molar-refractivity contribution >= 4 is 35.6 Å². The molecule has 0 radical (unpaired) electrons. The molecule has 112 valence electrons. The molecule has 0 aromatic heterocycles. The highest BCUT2D eigenvalue weighted by Crippen LogP contribution is 2.20. The first-order valence-electron chi connectivity index (χ1n) is 6.57. The van der Waals surface area contributed by atoms with E-state index in [1.54, 1.807) is 11.0 Å². The van der Waals surface area contributed by atoms with E-state index in [0.29, 0.717) is 24.6 Å². The summed E-state index contributed by atoms with van der Waals surface area (Å²) in [4.78, 5) is 14.1. The van der Waals surface area contributed by atoms with Gasteiger partial charge in [0.15, 0.2) is 0 Å². The molecule has 1 unspecified atom stereocenters. The average molecular weight is 319 g/mol. The van der Waals surface area contributed by atoms with Crippen LogP contribution in [0.4, 0.5) is 5.69 Å². The molecule has 1 aliphatic rings. The fraction of sp³-hybridized carbons (Fsp3) is 0.500. The average Bonchev–Trinajstić information content (AvgIpc) is 2.41. The van der Waals surface area contributed by atoms with Crippen molar-refractivity contribution < 1.29 is 9.53 Å². The highest BCUT2D eigenvalue weighted by atomic mass is 35.5. The summed E-state index contributed by atoms with van der Waals surface area (Å²) >= 11 is 5.97. The van der Waals surface area contributed by atoms with Gasteiger partial charge in [0.1, 0.15) is 0 Å². The summed E-state index contributed by atoms with van der Waals surface area (Å²) in [5.74, 6) is 0.0905. The largest absolute Gasteiger partial charge is 0.378 e. The van der Waals surface area contributed by atoms with Crippen LogP contribution in [0.5, 0.6) is 0 Å². The molecule has 1 aliphatic heterocycles. The van der Waals surface area contributed by atoms with Gasteiger partial charge in [0.25, 0.3) is 0 Å². The highest BCUT2D eigenvalue weighted by molar-refractivity contribution is 6.30. The van der Waals surface area contributed by atoms with E-state index in [1.165, 1.54) is 0 Å². The standard InChI is InChI=1S/C14H19ClN2O2.ClH/c1-2-17(13-5-3-4-11(15)8-13)14(18)9-12-10-19-7-6-16-12;/h3-5,8,12,16H,2,6-7,9-10H2,1H3;1H. The smallest absolute Gasteiger partial charge is 0.228 e. The lowest BCUT2D eigenvalue weighted by atomic mass is 10.1. The van der Waals surface area contributed by atoms with Gasteiger partial charge in [0.05, 0.1) is 13.2 Å². The van der Waals surface area contributed by atoms with Gasteiger partial charge >= 0.3 is 0 Å². The predicted molar refractivity (Wildman–Crippen MR) is 84.0 cm³/mol. The van der Waals surface area contributed by atoms with Crippen LogP contribution in [0.3, 0.4) is 0 Å². The van der Waals surface area contributed by atoms with Crippen LogP contribution >= 0.6 is 24.0 Å². The monoisotopic (exact) mass is 318 g/mol. The topological polar surface area (TPSA) is 41.6 Å². The van der Waals surface area contributed by atoms with Crippen molar-refractivity contribution in [1.29, 1.82) is 0 Å². The van der Waals surface area contributed by atoms with Crippen molar-refractivity contribution in [1.82, 2.24) is 5.32 Å². The summed E-state index contributed by atoms with van der Waals surface area (Å²) in [6, 6.07) is 7.48. The zero-order valence-electron chi connectivity index (χ0n) is 11.5. The van der Waals surface area contributed by atoms with Crippen molar-refractivity contribution in [3.8, 4) is 0 Å². The van der Waals surface area contributed by atoms with Crippen molar-refractivity contribution in [2.75, 3.05) is 31.2 Å². The number of rotatable bonds is 4. The number of amides is 1. The summed E-state index contributed by atoms with van der Waals surface area (Å²) in [6.07, 6.45) is 0.445. The summed E-state index contributed by atoms with van der Waals surface area (Å²) in [5.41, 5.74) is 0.844. The Kier molecular flexibility index (Phi) is 7.30. The van der Waals surface area contributed by atoms with Gasteiger partial charge in [-0.05, 0) is 25.1 Å². The van der Waals surface area contributed by atoms with Gasteiger partial charge in [-0.25, -0.2) is 0 Å². The second-order valence-electron chi connectivity index (χ2n) is 4.55. The van der Waals surface area contributed by atoms with Crippen LogP contribution in [-0.2, 0) is 9.53 Å². The van der Waals surface area contributed by atoms with Crippen LogP contribution in [0.1, 0.15) is 13.3 Å². The lowest BCUT2D eigenvalue weighted by molar-refractivity contribution is -0.119. The Morgan fingerprint density at radius 3 is 2.95 bits per heavy atom. The van der Waals surface area contributed by atoms with Crippen molar-refractivity contribution in [3.05, 3.63) is 29.3 Å². The molecule has 1 fully saturated rings. The fourth-order valence-electron chi connectivity index (χ4n) is 2.22. The van der Waals surface area contributed by atoms with Crippen molar-refractivity contribution in [2.45, 2.75) is 19.4 Å². The zero-order chi connectivity index (χ0) is 13.7. The zero-order valence-corrected chi connectivity index (χ0v) is 13.0.